The summed E-state index contributed by atoms with van der Waals surface area (Å²) in [6.07, 6.45) is 7.76. The molecule has 5 rings (SSSR count). The van der Waals surface area contributed by atoms with Crippen molar-refractivity contribution < 1.29 is 19.1 Å². The highest BCUT2D eigenvalue weighted by Crippen LogP contribution is 2.33. The first kappa shape index (κ1) is 37.1. The quantitative estimate of drug-likeness (QED) is 0.142. The summed E-state index contributed by atoms with van der Waals surface area (Å²) in [7, 11) is 1.31. The lowest BCUT2D eigenvalue weighted by Crippen LogP contribution is -2.53. The SMILES string of the molecule is COC(=O)NC(C(=O)N1CCCC1/C(C)=N/c1cc(CCCCc2ccc3[nH]c([C@@H]4CCCN4C(=O)CC(C)C)nc3c2)ccc1C)C(C)C. The van der Waals surface area contributed by atoms with Gasteiger partial charge in [-0.25, -0.2) is 9.78 Å². The van der Waals surface area contributed by atoms with Crippen LogP contribution in [0.15, 0.2) is 41.4 Å². The zero-order valence-corrected chi connectivity index (χ0v) is 31.1. The molecule has 2 saturated heterocycles. The minimum Gasteiger partial charge on any atom is -0.453 e. The van der Waals surface area contributed by atoms with E-state index < -0.39 is 12.1 Å². The predicted molar refractivity (Wildman–Crippen MR) is 199 cm³/mol. The van der Waals surface area contributed by atoms with Crippen LogP contribution in [0.3, 0.4) is 0 Å². The average molecular weight is 685 g/mol. The largest absolute Gasteiger partial charge is 0.453 e. The first-order chi connectivity index (χ1) is 23.9. The van der Waals surface area contributed by atoms with Crippen molar-refractivity contribution in [3.63, 3.8) is 0 Å². The second kappa shape index (κ2) is 16.7. The van der Waals surface area contributed by atoms with Gasteiger partial charge in [-0.05, 0) is 112 Å². The first-order valence-electron chi connectivity index (χ1n) is 18.5. The number of aliphatic imine (C=N–C) groups is 1. The maximum atomic E-state index is 13.5. The van der Waals surface area contributed by atoms with E-state index in [1.165, 1.54) is 18.2 Å². The Hall–Kier alpha value is -4.21. The fourth-order valence-corrected chi connectivity index (χ4v) is 7.40. The predicted octanol–water partition coefficient (Wildman–Crippen LogP) is 7.61. The van der Waals surface area contributed by atoms with Crippen LogP contribution in [-0.2, 0) is 27.2 Å². The molecule has 3 atom stereocenters. The van der Waals surface area contributed by atoms with Gasteiger partial charge in [-0.15, -0.1) is 0 Å². The van der Waals surface area contributed by atoms with Crippen LogP contribution in [0, 0.1) is 18.8 Å². The molecule has 2 unspecified atom stereocenters. The number of carbonyl (C=O) groups is 3. The normalized spacial score (nSPS) is 18.8. The summed E-state index contributed by atoms with van der Waals surface area (Å²) in [5, 5.41) is 2.72. The van der Waals surface area contributed by atoms with Crippen LogP contribution >= 0.6 is 0 Å². The summed E-state index contributed by atoms with van der Waals surface area (Å²) < 4.78 is 4.77. The lowest BCUT2D eigenvalue weighted by atomic mass is 10.0. The van der Waals surface area contributed by atoms with E-state index in [1.54, 1.807) is 0 Å². The van der Waals surface area contributed by atoms with E-state index in [1.807, 2.05) is 30.6 Å². The Labute approximate surface area is 297 Å². The molecule has 50 heavy (non-hydrogen) atoms. The van der Waals surface area contributed by atoms with Gasteiger partial charge in [-0.3, -0.25) is 14.6 Å². The molecule has 2 N–H and O–H groups in total. The van der Waals surface area contributed by atoms with Crippen LogP contribution in [-0.4, -0.2) is 75.7 Å². The van der Waals surface area contributed by atoms with Gasteiger partial charge in [0.15, 0.2) is 0 Å². The molecule has 2 aliphatic heterocycles. The number of fused-ring (bicyclic) bond motifs is 1. The van der Waals surface area contributed by atoms with Crippen molar-refractivity contribution in [3.05, 3.63) is 58.9 Å². The van der Waals surface area contributed by atoms with Gasteiger partial charge >= 0.3 is 6.09 Å². The number of benzene rings is 2. The molecule has 270 valence electrons. The van der Waals surface area contributed by atoms with Crippen molar-refractivity contribution >= 4 is 40.3 Å². The Morgan fingerprint density at radius 3 is 2.36 bits per heavy atom. The molecule has 0 saturated carbocycles. The van der Waals surface area contributed by atoms with Crippen LogP contribution in [0.1, 0.15) is 108 Å². The van der Waals surface area contributed by atoms with Gasteiger partial charge in [0.25, 0.3) is 0 Å². The molecule has 2 aliphatic rings. The third kappa shape index (κ3) is 8.92. The van der Waals surface area contributed by atoms with Crippen molar-refractivity contribution in [2.24, 2.45) is 16.8 Å². The molecule has 0 aliphatic carbocycles. The number of aryl methyl sites for hydroxylation is 3. The minimum atomic E-state index is -0.645. The topological polar surface area (TPSA) is 120 Å². The maximum absolute atomic E-state index is 13.5. The number of likely N-dealkylation sites (tertiary alicyclic amines) is 2. The molecule has 0 spiro atoms. The first-order valence-corrected chi connectivity index (χ1v) is 18.5. The second-order valence-electron chi connectivity index (χ2n) is 14.9. The molecule has 10 nitrogen and oxygen atoms in total. The number of rotatable bonds is 13. The highest BCUT2D eigenvalue weighted by molar-refractivity contribution is 5.95. The number of H-pyrrole nitrogens is 1. The Morgan fingerprint density at radius 2 is 1.66 bits per heavy atom. The van der Waals surface area contributed by atoms with Crippen molar-refractivity contribution in [2.75, 3.05) is 20.2 Å². The van der Waals surface area contributed by atoms with Gasteiger partial charge in [-0.2, -0.15) is 0 Å². The zero-order chi connectivity index (χ0) is 35.9. The summed E-state index contributed by atoms with van der Waals surface area (Å²) in [5.74, 6) is 1.32. The summed E-state index contributed by atoms with van der Waals surface area (Å²) >= 11 is 0. The van der Waals surface area contributed by atoms with Crippen LogP contribution < -0.4 is 5.32 Å². The molecular formula is C40H56N6O4. The van der Waals surface area contributed by atoms with Gasteiger partial charge in [0.05, 0.1) is 35.9 Å². The van der Waals surface area contributed by atoms with E-state index in [4.69, 9.17) is 14.7 Å². The highest BCUT2D eigenvalue weighted by Gasteiger charge is 2.37. The lowest BCUT2D eigenvalue weighted by molar-refractivity contribution is -0.134. The molecular weight excluding hydrogens is 628 g/mol. The molecule has 1 aromatic heterocycles. The van der Waals surface area contributed by atoms with E-state index in [9.17, 15) is 14.4 Å². The Bertz CT molecular complexity index is 1690. The molecule has 0 bridgehead atoms. The van der Waals surface area contributed by atoms with Crippen molar-refractivity contribution in [3.8, 4) is 0 Å². The third-order valence-corrected chi connectivity index (χ3v) is 10.2. The lowest BCUT2D eigenvalue weighted by Gasteiger charge is -2.30. The van der Waals surface area contributed by atoms with E-state index in [0.29, 0.717) is 18.9 Å². The number of carbonyl (C=O) groups excluding carboxylic acids is 3. The summed E-state index contributed by atoms with van der Waals surface area (Å²) in [6, 6.07) is 12.3. The Balaban J connectivity index is 1.18. The number of alkyl carbamates (subject to hydrolysis) is 1. The standard InChI is InChI=1S/C40H56N6O4/c1-25(2)22-36(47)45-20-11-15-35(45)38-42-31-19-18-30(24-33(31)43-38)13-9-8-12-29-17-16-27(5)32(23-29)41-28(6)34-14-10-21-46(34)39(48)37(26(3)4)44-40(49)50-7/h16-19,23-26,34-35,37H,8-15,20-22H2,1-7H3,(H,42,43)(H,44,49)/b41-28+/t34?,35-,37?/m0/s1. The van der Waals surface area contributed by atoms with E-state index in [0.717, 1.165) is 91.7 Å². The Kier molecular flexibility index (Phi) is 12.4. The molecule has 3 aromatic rings. The number of amides is 3. The number of aromatic amines is 1. The number of ether oxygens (including phenoxy) is 1. The number of hydrogen-bond donors (Lipinski definition) is 2. The monoisotopic (exact) mass is 684 g/mol. The molecule has 0 radical (unpaired) electrons. The van der Waals surface area contributed by atoms with Crippen molar-refractivity contribution in [2.45, 2.75) is 117 Å². The van der Waals surface area contributed by atoms with Crippen molar-refractivity contribution in [1.29, 1.82) is 0 Å². The molecule has 2 fully saturated rings. The number of hydrogen-bond acceptors (Lipinski definition) is 6. The Morgan fingerprint density at radius 1 is 0.980 bits per heavy atom. The maximum Gasteiger partial charge on any atom is 0.407 e. The van der Waals surface area contributed by atoms with Gasteiger partial charge < -0.3 is 24.8 Å². The number of unbranched alkanes of at least 4 members (excludes halogenated alkanes) is 1. The summed E-state index contributed by atoms with van der Waals surface area (Å²) in [4.78, 5) is 55.7. The molecule has 3 heterocycles. The fourth-order valence-electron chi connectivity index (χ4n) is 7.40. The van der Waals surface area contributed by atoms with Crippen LogP contribution in [0.4, 0.5) is 10.5 Å². The number of methoxy groups -OCH3 is 1. The van der Waals surface area contributed by atoms with Crippen LogP contribution in [0.25, 0.3) is 11.0 Å². The van der Waals surface area contributed by atoms with Gasteiger partial charge in [-0.1, -0.05) is 45.9 Å². The number of nitrogens with zero attached hydrogens (tertiary/aromatic N) is 4. The van der Waals surface area contributed by atoms with Crippen molar-refractivity contribution in [1.82, 2.24) is 25.1 Å². The number of imidazole rings is 1. The summed E-state index contributed by atoms with van der Waals surface area (Å²) in [5.41, 5.74) is 7.49. The van der Waals surface area contributed by atoms with E-state index >= 15 is 0 Å². The highest BCUT2D eigenvalue weighted by atomic mass is 16.5. The zero-order valence-electron chi connectivity index (χ0n) is 31.1. The summed E-state index contributed by atoms with van der Waals surface area (Å²) in [6.45, 7) is 13.6. The smallest absolute Gasteiger partial charge is 0.407 e. The minimum absolute atomic E-state index is 0.0387. The third-order valence-electron chi connectivity index (χ3n) is 10.2. The van der Waals surface area contributed by atoms with Crippen LogP contribution in [0.5, 0.6) is 0 Å². The molecule has 10 heteroatoms. The van der Waals surface area contributed by atoms with E-state index in [-0.39, 0.29) is 29.8 Å². The van der Waals surface area contributed by atoms with Gasteiger partial charge in [0.2, 0.25) is 11.8 Å². The van der Waals surface area contributed by atoms with Gasteiger partial charge in [0.1, 0.15) is 11.9 Å². The number of aromatic nitrogens is 2. The molecule has 2 aromatic carbocycles. The van der Waals surface area contributed by atoms with Crippen LogP contribution in [0.2, 0.25) is 0 Å². The van der Waals surface area contributed by atoms with Gasteiger partial charge in [0, 0.05) is 25.2 Å². The number of nitrogens with one attached hydrogen (secondary N) is 2. The fraction of sp³-hybridized carbons (Fsp3) is 0.575. The second-order valence-corrected chi connectivity index (χ2v) is 14.9. The van der Waals surface area contributed by atoms with E-state index in [2.05, 4.69) is 67.5 Å². The molecule has 3 amide bonds. The average Bonchev–Trinajstić information content (AvgIpc) is 3.85.